The average molecular weight is 507 g/mol. The van der Waals surface area contributed by atoms with Crippen molar-refractivity contribution in [2.75, 3.05) is 48.0 Å². The van der Waals surface area contributed by atoms with Crippen molar-refractivity contribution in [3.8, 4) is 0 Å². The van der Waals surface area contributed by atoms with Gasteiger partial charge in [-0.3, -0.25) is 0 Å². The van der Waals surface area contributed by atoms with E-state index >= 15 is 0 Å². The Labute approximate surface area is 201 Å². The van der Waals surface area contributed by atoms with Crippen LogP contribution in [-0.2, 0) is 22.6 Å². The smallest absolute Gasteiger partial charge is 0.369 e. The minimum Gasteiger partial charge on any atom is -0.369 e. The molecule has 1 aromatic heterocycles. The summed E-state index contributed by atoms with van der Waals surface area (Å²) in [6, 6.07) is 13.5. The lowest BCUT2D eigenvalue weighted by atomic mass is 10.2. The number of anilines is 4. The summed E-state index contributed by atoms with van der Waals surface area (Å²) >= 11 is 0. The van der Waals surface area contributed by atoms with Crippen molar-refractivity contribution in [2.24, 2.45) is 0 Å². The summed E-state index contributed by atoms with van der Waals surface area (Å²) in [6.45, 7) is 3.57. The van der Waals surface area contributed by atoms with Crippen LogP contribution in [0.1, 0.15) is 11.1 Å². The predicted octanol–water partition coefficient (Wildman–Crippen LogP) is 3.66. The van der Waals surface area contributed by atoms with E-state index in [0.29, 0.717) is 11.3 Å². The fourth-order valence-corrected chi connectivity index (χ4v) is 4.36. The molecule has 1 aliphatic heterocycles. The van der Waals surface area contributed by atoms with Crippen molar-refractivity contribution < 1.29 is 21.6 Å². The quantitative estimate of drug-likeness (QED) is 0.447. The summed E-state index contributed by atoms with van der Waals surface area (Å²) in [5, 5.41) is 8.91. The van der Waals surface area contributed by atoms with E-state index in [1.165, 1.54) is 18.2 Å². The van der Waals surface area contributed by atoms with E-state index in [9.17, 15) is 21.6 Å². The molecule has 3 aromatic rings. The number of piperazine rings is 1. The monoisotopic (exact) mass is 506 g/mol. The number of hydrogen-bond donors (Lipinski definition) is 3. The lowest BCUT2D eigenvalue weighted by Crippen LogP contribution is -2.43. The van der Waals surface area contributed by atoms with Gasteiger partial charge in [0, 0.05) is 56.6 Å². The second-order valence-electron chi connectivity index (χ2n) is 8.14. The molecule has 0 spiro atoms. The Kier molecular flexibility index (Phi) is 7.13. The van der Waals surface area contributed by atoms with Crippen molar-refractivity contribution in [3.63, 3.8) is 0 Å². The average Bonchev–Trinajstić information content (AvgIpc) is 2.83. The summed E-state index contributed by atoms with van der Waals surface area (Å²) in [4.78, 5) is 10.2. The Bertz CT molecular complexity index is 1280. The number of hydrogen-bond acceptors (Lipinski definition) is 8. The van der Waals surface area contributed by atoms with Crippen LogP contribution >= 0.6 is 0 Å². The minimum absolute atomic E-state index is 0.000286. The molecule has 4 rings (SSSR count). The number of aromatic nitrogens is 2. The molecule has 186 valence electrons. The molecule has 0 saturated carbocycles. The SMILES string of the molecule is CS(=O)(=O)c1cccc(CNc2nc(Nc3ccc(N4CCNCC4)cc3)ncc2C(F)(F)F)c1. The van der Waals surface area contributed by atoms with Crippen LogP contribution in [0, 0.1) is 0 Å². The predicted molar refractivity (Wildman–Crippen MR) is 129 cm³/mol. The summed E-state index contributed by atoms with van der Waals surface area (Å²) < 4.78 is 64.2. The van der Waals surface area contributed by atoms with Crippen LogP contribution in [-0.4, -0.2) is 50.8 Å². The number of rotatable bonds is 7. The van der Waals surface area contributed by atoms with Gasteiger partial charge in [0.2, 0.25) is 5.95 Å². The Morgan fingerprint density at radius 3 is 2.46 bits per heavy atom. The first-order valence-electron chi connectivity index (χ1n) is 10.9. The molecule has 3 N–H and O–H groups in total. The van der Waals surface area contributed by atoms with E-state index in [-0.39, 0.29) is 17.4 Å². The maximum atomic E-state index is 13.5. The van der Waals surface area contributed by atoms with Crippen molar-refractivity contribution >= 4 is 33.0 Å². The van der Waals surface area contributed by atoms with Gasteiger partial charge in [-0.15, -0.1) is 0 Å². The first-order chi connectivity index (χ1) is 16.6. The molecule has 1 saturated heterocycles. The van der Waals surface area contributed by atoms with Gasteiger partial charge in [0.1, 0.15) is 11.4 Å². The van der Waals surface area contributed by atoms with E-state index in [4.69, 9.17) is 0 Å². The Balaban J connectivity index is 1.52. The minimum atomic E-state index is -4.67. The first kappa shape index (κ1) is 24.7. The molecule has 35 heavy (non-hydrogen) atoms. The highest BCUT2D eigenvalue weighted by Gasteiger charge is 2.35. The van der Waals surface area contributed by atoms with Crippen LogP contribution in [0.4, 0.5) is 36.3 Å². The molecule has 12 heteroatoms. The topological polar surface area (TPSA) is 99.2 Å². The van der Waals surface area contributed by atoms with Crippen molar-refractivity contribution in [1.82, 2.24) is 15.3 Å². The molecule has 8 nitrogen and oxygen atoms in total. The summed E-state index contributed by atoms with van der Waals surface area (Å²) in [5.41, 5.74) is 1.17. The van der Waals surface area contributed by atoms with Crippen molar-refractivity contribution in [2.45, 2.75) is 17.6 Å². The molecule has 0 atom stereocenters. The number of sulfone groups is 1. The Morgan fingerprint density at radius 2 is 1.80 bits per heavy atom. The zero-order valence-electron chi connectivity index (χ0n) is 18.9. The normalized spacial score (nSPS) is 14.6. The van der Waals surface area contributed by atoms with Gasteiger partial charge in [-0.05, 0) is 42.0 Å². The van der Waals surface area contributed by atoms with Crippen LogP contribution in [0.25, 0.3) is 0 Å². The fraction of sp³-hybridized carbons (Fsp3) is 0.304. The van der Waals surface area contributed by atoms with E-state index in [2.05, 4.69) is 30.8 Å². The van der Waals surface area contributed by atoms with Gasteiger partial charge < -0.3 is 20.9 Å². The molecule has 1 aliphatic rings. The third-order valence-electron chi connectivity index (χ3n) is 5.49. The second-order valence-corrected chi connectivity index (χ2v) is 10.2. The van der Waals surface area contributed by atoms with Crippen LogP contribution in [0.2, 0.25) is 0 Å². The first-order valence-corrected chi connectivity index (χ1v) is 12.8. The van der Waals surface area contributed by atoms with Crippen LogP contribution in [0.3, 0.4) is 0 Å². The van der Waals surface area contributed by atoms with Crippen molar-refractivity contribution in [1.29, 1.82) is 0 Å². The molecule has 2 aromatic carbocycles. The van der Waals surface area contributed by atoms with E-state index < -0.39 is 27.4 Å². The molecule has 0 radical (unpaired) electrons. The second kappa shape index (κ2) is 10.1. The number of alkyl halides is 3. The van der Waals surface area contributed by atoms with Gasteiger partial charge >= 0.3 is 6.18 Å². The van der Waals surface area contributed by atoms with Crippen LogP contribution in [0.15, 0.2) is 59.6 Å². The van der Waals surface area contributed by atoms with Crippen LogP contribution in [0.5, 0.6) is 0 Å². The number of benzene rings is 2. The van der Waals surface area contributed by atoms with Crippen molar-refractivity contribution in [3.05, 3.63) is 65.9 Å². The maximum Gasteiger partial charge on any atom is 0.421 e. The zero-order valence-corrected chi connectivity index (χ0v) is 19.7. The molecule has 0 amide bonds. The van der Waals surface area contributed by atoms with Gasteiger partial charge in [0.25, 0.3) is 0 Å². The van der Waals surface area contributed by atoms with Crippen LogP contribution < -0.4 is 20.9 Å². The molecular weight excluding hydrogens is 481 g/mol. The highest BCUT2D eigenvalue weighted by atomic mass is 32.2. The number of halogens is 3. The standard InChI is InChI=1S/C23H25F3N6O2S/c1-35(33,34)19-4-2-3-16(13-19)14-28-21-20(23(24,25)26)15-29-22(31-21)30-17-5-7-18(8-6-17)32-11-9-27-10-12-32/h2-8,13,15,27H,9-12,14H2,1H3,(H2,28,29,30,31). The van der Waals surface area contributed by atoms with E-state index in [1.54, 1.807) is 6.07 Å². The number of nitrogens with one attached hydrogen (secondary N) is 3. The largest absolute Gasteiger partial charge is 0.421 e. The van der Waals surface area contributed by atoms with E-state index in [1.807, 2.05) is 24.3 Å². The summed E-state index contributed by atoms with van der Waals surface area (Å²) in [5.74, 6) is -0.405. The third kappa shape index (κ3) is 6.40. The van der Waals surface area contributed by atoms with E-state index in [0.717, 1.165) is 44.3 Å². The van der Waals surface area contributed by atoms with Gasteiger partial charge in [-0.2, -0.15) is 18.2 Å². The highest BCUT2D eigenvalue weighted by molar-refractivity contribution is 7.90. The molecule has 0 aliphatic carbocycles. The summed E-state index contributed by atoms with van der Waals surface area (Å²) in [7, 11) is -3.44. The number of nitrogens with zero attached hydrogens (tertiary/aromatic N) is 3. The third-order valence-corrected chi connectivity index (χ3v) is 6.60. The molecule has 0 unspecified atom stereocenters. The fourth-order valence-electron chi connectivity index (χ4n) is 3.66. The molecular formula is C23H25F3N6O2S. The summed E-state index contributed by atoms with van der Waals surface area (Å²) in [6.07, 6.45) is -2.87. The Hall–Kier alpha value is -3.38. The van der Waals surface area contributed by atoms with Gasteiger partial charge in [-0.1, -0.05) is 12.1 Å². The molecule has 2 heterocycles. The van der Waals surface area contributed by atoms with Gasteiger partial charge in [0.05, 0.1) is 4.90 Å². The van der Waals surface area contributed by atoms with Gasteiger partial charge in [-0.25, -0.2) is 13.4 Å². The van der Waals surface area contributed by atoms with Gasteiger partial charge in [0.15, 0.2) is 9.84 Å². The lowest BCUT2D eigenvalue weighted by molar-refractivity contribution is -0.137. The lowest BCUT2D eigenvalue weighted by Gasteiger charge is -2.29. The zero-order chi connectivity index (χ0) is 25.1. The maximum absolute atomic E-state index is 13.5. The Morgan fingerprint density at radius 1 is 1.09 bits per heavy atom. The molecule has 0 bridgehead atoms. The molecule has 1 fully saturated rings. The highest BCUT2D eigenvalue weighted by Crippen LogP contribution is 2.34.